The first-order chi connectivity index (χ1) is 3.39. The van der Waals surface area contributed by atoms with E-state index >= 15 is 0 Å². The largest absolute Gasteiger partial charge is 0.309 e. The number of nitrogens with zero attached hydrogens (tertiary/aromatic N) is 1. The van der Waals surface area contributed by atoms with Crippen LogP contribution in [0.15, 0.2) is 4.99 Å². The second-order valence-corrected chi connectivity index (χ2v) is 1.87. The van der Waals surface area contributed by atoms with Gasteiger partial charge in [-0.05, 0) is 0 Å². The van der Waals surface area contributed by atoms with Crippen LogP contribution in [-0.4, -0.2) is 24.8 Å². The fourth-order valence-corrected chi connectivity index (χ4v) is 0.683. The second-order valence-electron chi connectivity index (χ2n) is 1.43. The zero-order valence-corrected chi connectivity index (χ0v) is 4.70. The number of hydrogen-bond acceptors (Lipinski definition) is 2. The molecule has 0 atom stereocenters. The van der Waals surface area contributed by atoms with Gasteiger partial charge in [0, 0.05) is 13.1 Å². The minimum Gasteiger partial charge on any atom is -0.309 e. The third-order valence-corrected chi connectivity index (χ3v) is 1.10. The van der Waals surface area contributed by atoms with Crippen molar-refractivity contribution >= 4 is 16.8 Å². The molecule has 0 amide bonds. The van der Waals surface area contributed by atoms with Crippen molar-refractivity contribution in [1.29, 1.82) is 0 Å². The highest BCUT2D eigenvalue weighted by Crippen LogP contribution is 1.87. The van der Waals surface area contributed by atoms with Crippen molar-refractivity contribution in [2.24, 2.45) is 4.99 Å². The summed E-state index contributed by atoms with van der Waals surface area (Å²) < 4.78 is 0. The lowest BCUT2D eigenvalue weighted by atomic mass is 10.5. The lowest BCUT2D eigenvalue weighted by Crippen LogP contribution is -2.27. The Hall–Kier alpha value is -0.0800. The van der Waals surface area contributed by atoms with Gasteiger partial charge < -0.3 is 5.32 Å². The molecule has 0 spiro atoms. The summed E-state index contributed by atoms with van der Waals surface area (Å²) in [7, 11) is 0. The molecule has 7 heavy (non-hydrogen) atoms. The van der Waals surface area contributed by atoms with Crippen molar-refractivity contribution in [3.63, 3.8) is 0 Å². The standard InChI is InChI=1S/C4H7ClN2/c5-4-3-6-1-2-7-4/h6H,1-3H2. The number of halogens is 1. The third-order valence-electron chi connectivity index (χ3n) is 0.843. The first-order valence-electron chi connectivity index (χ1n) is 2.29. The predicted molar refractivity (Wildman–Crippen MR) is 31.0 cm³/mol. The second kappa shape index (κ2) is 2.28. The molecule has 40 valence electrons. The maximum atomic E-state index is 5.50. The maximum absolute atomic E-state index is 5.50. The Morgan fingerprint density at radius 2 is 2.57 bits per heavy atom. The van der Waals surface area contributed by atoms with Gasteiger partial charge in [-0.15, -0.1) is 0 Å². The van der Waals surface area contributed by atoms with Gasteiger partial charge in [-0.1, -0.05) is 11.6 Å². The Labute approximate surface area is 47.6 Å². The van der Waals surface area contributed by atoms with Gasteiger partial charge in [-0.25, -0.2) is 0 Å². The topological polar surface area (TPSA) is 24.4 Å². The zero-order chi connectivity index (χ0) is 5.11. The van der Waals surface area contributed by atoms with E-state index in [0.717, 1.165) is 19.6 Å². The first kappa shape index (κ1) is 5.06. The van der Waals surface area contributed by atoms with Crippen LogP contribution in [0.1, 0.15) is 0 Å². The quantitative estimate of drug-likeness (QED) is 0.484. The van der Waals surface area contributed by atoms with Gasteiger partial charge >= 0.3 is 0 Å². The normalized spacial score (nSPS) is 21.6. The first-order valence-corrected chi connectivity index (χ1v) is 2.67. The van der Waals surface area contributed by atoms with E-state index in [1.165, 1.54) is 0 Å². The van der Waals surface area contributed by atoms with Gasteiger partial charge in [-0.3, -0.25) is 4.99 Å². The number of hydrogen-bond donors (Lipinski definition) is 1. The summed E-state index contributed by atoms with van der Waals surface area (Å²) in [4.78, 5) is 3.95. The number of aliphatic imine (C=N–C) groups is 1. The van der Waals surface area contributed by atoms with Gasteiger partial charge in [0.15, 0.2) is 0 Å². The van der Waals surface area contributed by atoms with Crippen molar-refractivity contribution < 1.29 is 0 Å². The van der Waals surface area contributed by atoms with E-state index < -0.39 is 0 Å². The molecule has 1 rings (SSSR count). The fourth-order valence-electron chi connectivity index (χ4n) is 0.504. The minimum absolute atomic E-state index is 0.700. The fraction of sp³-hybridized carbons (Fsp3) is 0.750. The molecule has 0 saturated carbocycles. The van der Waals surface area contributed by atoms with E-state index in [1.807, 2.05) is 0 Å². The van der Waals surface area contributed by atoms with E-state index in [4.69, 9.17) is 11.6 Å². The van der Waals surface area contributed by atoms with Crippen LogP contribution in [-0.2, 0) is 0 Å². The van der Waals surface area contributed by atoms with Crippen molar-refractivity contribution in [2.45, 2.75) is 0 Å². The molecule has 0 unspecified atom stereocenters. The van der Waals surface area contributed by atoms with Gasteiger partial charge in [0.1, 0.15) is 5.17 Å². The summed E-state index contributed by atoms with van der Waals surface area (Å²) >= 11 is 5.50. The van der Waals surface area contributed by atoms with Crippen molar-refractivity contribution in [3.05, 3.63) is 0 Å². The molecule has 1 heterocycles. The molecule has 0 aromatic carbocycles. The molecule has 3 heteroatoms. The maximum Gasteiger partial charge on any atom is 0.114 e. The van der Waals surface area contributed by atoms with E-state index in [2.05, 4.69) is 10.3 Å². The van der Waals surface area contributed by atoms with E-state index in [1.54, 1.807) is 0 Å². The van der Waals surface area contributed by atoms with Crippen molar-refractivity contribution in [3.8, 4) is 0 Å². The minimum atomic E-state index is 0.700. The Morgan fingerprint density at radius 3 is 2.86 bits per heavy atom. The van der Waals surface area contributed by atoms with E-state index in [0.29, 0.717) is 5.17 Å². The predicted octanol–water partition coefficient (Wildman–Crippen LogP) is 0.227. The summed E-state index contributed by atoms with van der Waals surface area (Å²) in [5.41, 5.74) is 0. The number of rotatable bonds is 0. The monoisotopic (exact) mass is 118 g/mol. The van der Waals surface area contributed by atoms with Crippen molar-refractivity contribution in [2.75, 3.05) is 19.6 Å². The Kier molecular flexibility index (Phi) is 1.65. The number of nitrogens with one attached hydrogen (secondary N) is 1. The third kappa shape index (κ3) is 1.45. The van der Waals surface area contributed by atoms with Crippen LogP contribution in [0.2, 0.25) is 0 Å². The van der Waals surface area contributed by atoms with Crippen LogP contribution in [0.4, 0.5) is 0 Å². The molecule has 0 aliphatic carbocycles. The SMILES string of the molecule is ClC1=NCCNC1. The highest BCUT2D eigenvalue weighted by atomic mass is 35.5. The molecule has 0 bridgehead atoms. The van der Waals surface area contributed by atoms with Gasteiger partial charge in [-0.2, -0.15) is 0 Å². The molecule has 2 nitrogen and oxygen atoms in total. The molecular weight excluding hydrogens is 112 g/mol. The van der Waals surface area contributed by atoms with Crippen LogP contribution in [0.3, 0.4) is 0 Å². The molecular formula is C4H7ClN2. The summed E-state index contributed by atoms with van der Waals surface area (Å²) in [6, 6.07) is 0. The molecule has 1 aliphatic heterocycles. The van der Waals surface area contributed by atoms with E-state index in [-0.39, 0.29) is 0 Å². The highest BCUT2D eigenvalue weighted by molar-refractivity contribution is 6.66. The Morgan fingerprint density at radius 1 is 1.71 bits per heavy atom. The van der Waals surface area contributed by atoms with Crippen LogP contribution >= 0.6 is 11.6 Å². The van der Waals surface area contributed by atoms with Gasteiger partial charge in [0.25, 0.3) is 0 Å². The molecule has 0 aromatic heterocycles. The molecule has 0 aromatic rings. The molecule has 0 fully saturated rings. The average Bonchev–Trinajstić information content (AvgIpc) is 1.69. The summed E-state index contributed by atoms with van der Waals surface area (Å²) in [5, 5.41) is 3.77. The van der Waals surface area contributed by atoms with Crippen LogP contribution in [0.25, 0.3) is 0 Å². The van der Waals surface area contributed by atoms with Gasteiger partial charge in [0.05, 0.1) is 6.54 Å². The molecule has 0 radical (unpaired) electrons. The van der Waals surface area contributed by atoms with Crippen LogP contribution in [0.5, 0.6) is 0 Å². The molecule has 0 saturated heterocycles. The Balaban J connectivity index is 2.40. The van der Waals surface area contributed by atoms with E-state index in [9.17, 15) is 0 Å². The smallest absolute Gasteiger partial charge is 0.114 e. The summed E-state index contributed by atoms with van der Waals surface area (Å²) in [6.07, 6.45) is 0. The van der Waals surface area contributed by atoms with Crippen LogP contribution < -0.4 is 5.32 Å². The zero-order valence-electron chi connectivity index (χ0n) is 3.95. The highest BCUT2D eigenvalue weighted by Gasteiger charge is 1.97. The van der Waals surface area contributed by atoms with Crippen molar-refractivity contribution in [1.82, 2.24) is 5.32 Å². The molecule has 1 N–H and O–H groups in total. The molecule has 1 aliphatic rings. The summed E-state index contributed by atoms with van der Waals surface area (Å²) in [6.45, 7) is 2.55. The summed E-state index contributed by atoms with van der Waals surface area (Å²) in [5.74, 6) is 0. The lowest BCUT2D eigenvalue weighted by molar-refractivity contribution is 0.742. The average molecular weight is 119 g/mol. The Bertz CT molecular complexity index is 89.7. The lowest BCUT2D eigenvalue weighted by Gasteiger charge is -2.05. The van der Waals surface area contributed by atoms with Gasteiger partial charge in [0.2, 0.25) is 0 Å². The van der Waals surface area contributed by atoms with Crippen LogP contribution in [0, 0.1) is 0 Å².